The van der Waals surface area contributed by atoms with Gasteiger partial charge in [-0.25, -0.2) is 0 Å². The fourth-order valence-electron chi connectivity index (χ4n) is 2.80. The summed E-state index contributed by atoms with van der Waals surface area (Å²) in [5.41, 5.74) is 3.30. The van der Waals surface area contributed by atoms with Crippen molar-refractivity contribution in [3.05, 3.63) is 41.0 Å². The number of aliphatic hydroxyl groups is 1. The van der Waals surface area contributed by atoms with Crippen LogP contribution in [0.3, 0.4) is 0 Å². The van der Waals surface area contributed by atoms with Gasteiger partial charge in [-0.15, -0.1) is 0 Å². The molecule has 1 aromatic rings. The van der Waals surface area contributed by atoms with Crippen molar-refractivity contribution in [2.24, 2.45) is 0 Å². The number of likely N-dealkylation sites (tertiary alicyclic amines) is 1. The minimum absolute atomic E-state index is 0.0617. The highest BCUT2D eigenvalue weighted by atomic mass is 16.3. The first-order valence-electron chi connectivity index (χ1n) is 8.33. The summed E-state index contributed by atoms with van der Waals surface area (Å²) in [6.07, 6.45) is 4.20. The van der Waals surface area contributed by atoms with Crippen molar-refractivity contribution in [2.45, 2.75) is 32.8 Å². The number of aliphatic hydroxyl groups excluding tert-OH is 1. The quantitative estimate of drug-likeness (QED) is 0.856. The summed E-state index contributed by atoms with van der Waals surface area (Å²) in [5, 5.41) is 9.48. The lowest BCUT2D eigenvalue weighted by atomic mass is 10.1. The summed E-state index contributed by atoms with van der Waals surface area (Å²) in [4.78, 5) is 27.5. The van der Waals surface area contributed by atoms with Crippen LogP contribution < -0.4 is 0 Å². The lowest BCUT2D eigenvalue weighted by molar-refractivity contribution is -0.138. The summed E-state index contributed by atoms with van der Waals surface area (Å²) >= 11 is 0. The standard InChI is InChI=1S/C19H26N2O3/c1-14-4-5-16(15(2)12-14)6-7-18(23)20(3)13-19(24)21-10-8-17(22)9-11-21/h4-7,12,17,22H,8-11,13H2,1-3H3/b7-6+. The van der Waals surface area contributed by atoms with E-state index in [1.54, 1.807) is 18.0 Å². The van der Waals surface area contributed by atoms with Crippen molar-refractivity contribution in [3.8, 4) is 0 Å². The third kappa shape index (κ3) is 4.93. The first-order valence-corrected chi connectivity index (χ1v) is 8.33. The Balaban J connectivity index is 1.89. The summed E-state index contributed by atoms with van der Waals surface area (Å²) in [5.74, 6) is -0.266. The Morgan fingerprint density at radius 2 is 1.96 bits per heavy atom. The molecule has 1 fully saturated rings. The lowest BCUT2D eigenvalue weighted by Gasteiger charge is -2.30. The molecule has 2 rings (SSSR count). The zero-order chi connectivity index (χ0) is 17.7. The number of likely N-dealkylation sites (N-methyl/N-ethyl adjacent to an activating group) is 1. The van der Waals surface area contributed by atoms with E-state index in [1.165, 1.54) is 16.5 Å². The van der Waals surface area contributed by atoms with Crippen LogP contribution in [0.25, 0.3) is 6.08 Å². The monoisotopic (exact) mass is 330 g/mol. The average Bonchev–Trinajstić information content (AvgIpc) is 2.54. The molecule has 1 N–H and O–H groups in total. The van der Waals surface area contributed by atoms with Gasteiger partial charge in [-0.05, 0) is 43.9 Å². The Morgan fingerprint density at radius 1 is 1.29 bits per heavy atom. The van der Waals surface area contributed by atoms with Crippen LogP contribution in [0.1, 0.15) is 29.5 Å². The number of benzene rings is 1. The zero-order valence-corrected chi connectivity index (χ0v) is 14.7. The first kappa shape index (κ1) is 18.2. The molecule has 1 heterocycles. The van der Waals surface area contributed by atoms with Crippen molar-refractivity contribution in [3.63, 3.8) is 0 Å². The Hall–Kier alpha value is -2.14. The van der Waals surface area contributed by atoms with Gasteiger partial charge in [0.15, 0.2) is 0 Å². The summed E-state index contributed by atoms with van der Waals surface area (Å²) < 4.78 is 0. The fourth-order valence-corrected chi connectivity index (χ4v) is 2.80. The van der Waals surface area contributed by atoms with Gasteiger partial charge >= 0.3 is 0 Å². The van der Waals surface area contributed by atoms with Crippen LogP contribution in [-0.4, -0.2) is 59.5 Å². The first-order chi connectivity index (χ1) is 11.4. The molecule has 0 aromatic heterocycles. The molecule has 0 aliphatic carbocycles. The predicted molar refractivity (Wildman–Crippen MR) is 94.4 cm³/mol. The molecular weight excluding hydrogens is 304 g/mol. The van der Waals surface area contributed by atoms with E-state index in [2.05, 4.69) is 6.07 Å². The smallest absolute Gasteiger partial charge is 0.246 e. The second-order valence-electron chi connectivity index (χ2n) is 6.50. The number of hydrogen-bond donors (Lipinski definition) is 1. The minimum atomic E-state index is -0.311. The third-order valence-corrected chi connectivity index (χ3v) is 4.40. The van der Waals surface area contributed by atoms with Crippen LogP contribution in [-0.2, 0) is 9.59 Å². The van der Waals surface area contributed by atoms with E-state index in [0.29, 0.717) is 25.9 Å². The van der Waals surface area contributed by atoms with Crippen molar-refractivity contribution in [2.75, 3.05) is 26.7 Å². The number of amides is 2. The highest BCUT2D eigenvalue weighted by Gasteiger charge is 2.22. The molecule has 0 radical (unpaired) electrons. The molecule has 24 heavy (non-hydrogen) atoms. The molecule has 5 heteroatoms. The molecule has 0 unspecified atom stereocenters. The number of hydrogen-bond acceptors (Lipinski definition) is 3. The van der Waals surface area contributed by atoms with Gasteiger partial charge in [-0.2, -0.15) is 0 Å². The van der Waals surface area contributed by atoms with Gasteiger partial charge in [0.25, 0.3) is 0 Å². The highest BCUT2D eigenvalue weighted by molar-refractivity contribution is 5.94. The van der Waals surface area contributed by atoms with E-state index >= 15 is 0 Å². The molecule has 0 atom stereocenters. The summed E-state index contributed by atoms with van der Waals surface area (Å²) in [7, 11) is 1.63. The van der Waals surface area contributed by atoms with Gasteiger partial charge in [0.05, 0.1) is 12.6 Å². The number of nitrogens with zero attached hydrogens (tertiary/aromatic N) is 2. The maximum absolute atomic E-state index is 12.2. The van der Waals surface area contributed by atoms with Crippen molar-refractivity contribution < 1.29 is 14.7 Å². The molecule has 130 valence electrons. The van der Waals surface area contributed by atoms with E-state index < -0.39 is 0 Å². The summed E-state index contributed by atoms with van der Waals surface area (Å²) in [6, 6.07) is 6.07. The second-order valence-corrected chi connectivity index (χ2v) is 6.50. The Morgan fingerprint density at radius 3 is 2.58 bits per heavy atom. The molecule has 1 saturated heterocycles. The van der Waals surface area contributed by atoms with Gasteiger partial charge in [0.1, 0.15) is 0 Å². The van der Waals surface area contributed by atoms with E-state index in [0.717, 1.165) is 11.1 Å². The van der Waals surface area contributed by atoms with Crippen LogP contribution in [0.2, 0.25) is 0 Å². The Kier molecular flexibility index (Phi) is 6.15. The molecule has 2 amide bonds. The van der Waals surface area contributed by atoms with Gasteiger partial charge in [0.2, 0.25) is 11.8 Å². The molecule has 0 spiro atoms. The normalized spacial score (nSPS) is 15.8. The Labute approximate surface area is 143 Å². The van der Waals surface area contributed by atoms with Crippen LogP contribution >= 0.6 is 0 Å². The van der Waals surface area contributed by atoms with Crippen molar-refractivity contribution in [1.29, 1.82) is 0 Å². The Bertz CT molecular complexity index is 631. The van der Waals surface area contributed by atoms with Crippen molar-refractivity contribution in [1.82, 2.24) is 9.80 Å². The van der Waals surface area contributed by atoms with Crippen LogP contribution in [0.4, 0.5) is 0 Å². The van der Waals surface area contributed by atoms with Crippen molar-refractivity contribution >= 4 is 17.9 Å². The van der Waals surface area contributed by atoms with Crippen LogP contribution in [0, 0.1) is 13.8 Å². The van der Waals surface area contributed by atoms with Crippen LogP contribution in [0.15, 0.2) is 24.3 Å². The second kappa shape index (κ2) is 8.11. The predicted octanol–water partition coefficient (Wildman–Crippen LogP) is 1.76. The van der Waals surface area contributed by atoms with Gasteiger partial charge in [0, 0.05) is 26.2 Å². The number of piperidine rings is 1. The average molecular weight is 330 g/mol. The SMILES string of the molecule is Cc1ccc(/C=C/C(=O)N(C)CC(=O)N2CCC(O)CC2)c(C)c1. The summed E-state index contributed by atoms with van der Waals surface area (Å²) in [6.45, 7) is 5.22. The minimum Gasteiger partial charge on any atom is -0.393 e. The lowest BCUT2D eigenvalue weighted by Crippen LogP contribution is -2.45. The van der Waals surface area contributed by atoms with Gasteiger partial charge in [-0.1, -0.05) is 23.8 Å². The topological polar surface area (TPSA) is 60.9 Å². The number of rotatable bonds is 4. The maximum Gasteiger partial charge on any atom is 0.246 e. The van der Waals surface area contributed by atoms with Crippen LogP contribution in [0.5, 0.6) is 0 Å². The van der Waals surface area contributed by atoms with E-state index in [1.807, 2.05) is 26.0 Å². The third-order valence-electron chi connectivity index (χ3n) is 4.40. The maximum atomic E-state index is 12.2. The molecule has 1 aliphatic heterocycles. The van der Waals surface area contributed by atoms with Gasteiger partial charge < -0.3 is 14.9 Å². The van der Waals surface area contributed by atoms with E-state index in [4.69, 9.17) is 0 Å². The largest absolute Gasteiger partial charge is 0.393 e. The fraction of sp³-hybridized carbons (Fsp3) is 0.474. The van der Waals surface area contributed by atoms with Gasteiger partial charge in [-0.3, -0.25) is 9.59 Å². The zero-order valence-electron chi connectivity index (χ0n) is 14.7. The van der Waals surface area contributed by atoms with E-state index in [9.17, 15) is 14.7 Å². The molecule has 5 nitrogen and oxygen atoms in total. The molecule has 1 aliphatic rings. The highest BCUT2D eigenvalue weighted by Crippen LogP contribution is 2.13. The van der Waals surface area contributed by atoms with E-state index in [-0.39, 0.29) is 24.5 Å². The number of aryl methyl sites for hydroxylation is 2. The molecule has 0 bridgehead atoms. The molecular formula is C19H26N2O3. The molecule has 0 saturated carbocycles. The number of carbonyl (C=O) groups is 2. The molecule has 1 aromatic carbocycles. The number of carbonyl (C=O) groups excluding carboxylic acids is 2.